The molecule has 1 saturated heterocycles. The minimum absolute atomic E-state index is 0.193. The van der Waals surface area contributed by atoms with Crippen LogP contribution in [0.4, 0.5) is 10.2 Å². The summed E-state index contributed by atoms with van der Waals surface area (Å²) in [6.07, 6.45) is 1.96. The van der Waals surface area contributed by atoms with E-state index in [2.05, 4.69) is 16.2 Å². The Bertz CT molecular complexity index is 509. The van der Waals surface area contributed by atoms with Crippen LogP contribution in [0.3, 0.4) is 0 Å². The second-order valence-electron chi connectivity index (χ2n) is 3.49. The van der Waals surface area contributed by atoms with Gasteiger partial charge in [0.15, 0.2) is 11.6 Å². The molecule has 0 aromatic carbocycles. The van der Waals surface area contributed by atoms with Crippen molar-refractivity contribution in [2.24, 2.45) is 0 Å². The second kappa shape index (κ2) is 5.65. The molecule has 0 spiro atoms. The fraction of sp³-hybridized carbons (Fsp3) is 0.333. The van der Waals surface area contributed by atoms with Crippen LogP contribution in [-0.2, 0) is 4.84 Å². The summed E-state index contributed by atoms with van der Waals surface area (Å²) in [5, 5.41) is 4.10. The summed E-state index contributed by atoms with van der Waals surface area (Å²) in [7, 11) is 0. The summed E-state index contributed by atoms with van der Waals surface area (Å²) in [4.78, 5) is 9.47. The van der Waals surface area contributed by atoms with Gasteiger partial charge in [0.25, 0.3) is 0 Å². The lowest BCUT2D eigenvalue weighted by atomic mass is 10.3. The molecular formula is C12H11FN2OS. The average molecular weight is 250 g/mol. The van der Waals surface area contributed by atoms with Gasteiger partial charge in [-0.3, -0.25) is 4.84 Å². The van der Waals surface area contributed by atoms with Crippen LogP contribution < -0.4 is 5.06 Å². The first kappa shape index (κ1) is 11.9. The van der Waals surface area contributed by atoms with Crippen molar-refractivity contribution in [3.63, 3.8) is 0 Å². The first-order valence-electron chi connectivity index (χ1n) is 5.25. The first-order chi connectivity index (χ1) is 8.31. The van der Waals surface area contributed by atoms with E-state index in [0.29, 0.717) is 18.8 Å². The molecule has 88 valence electrons. The molecule has 0 amide bonds. The van der Waals surface area contributed by atoms with Gasteiger partial charge in [0.1, 0.15) is 5.69 Å². The number of aromatic nitrogens is 1. The lowest BCUT2D eigenvalue weighted by Gasteiger charge is -2.26. The Labute approximate surface area is 103 Å². The largest absolute Gasteiger partial charge is 0.272 e. The van der Waals surface area contributed by atoms with Crippen molar-refractivity contribution in [2.45, 2.75) is 12.8 Å². The molecule has 3 nitrogen and oxygen atoms in total. The summed E-state index contributed by atoms with van der Waals surface area (Å²) in [6, 6.07) is 2.86. The van der Waals surface area contributed by atoms with Crippen molar-refractivity contribution < 1.29 is 9.23 Å². The molecule has 2 heterocycles. The Morgan fingerprint density at radius 2 is 2.35 bits per heavy atom. The van der Waals surface area contributed by atoms with Gasteiger partial charge in [0, 0.05) is 11.8 Å². The van der Waals surface area contributed by atoms with E-state index in [1.165, 1.54) is 17.2 Å². The van der Waals surface area contributed by atoms with Crippen LogP contribution in [0.2, 0.25) is 0 Å². The Morgan fingerprint density at radius 3 is 3.06 bits per heavy atom. The average Bonchev–Trinajstić information content (AvgIpc) is 2.39. The lowest BCUT2D eigenvalue weighted by Crippen LogP contribution is -2.31. The zero-order valence-electron chi connectivity index (χ0n) is 9.15. The molecular weight excluding hydrogens is 239 g/mol. The fourth-order valence-electron chi connectivity index (χ4n) is 1.52. The van der Waals surface area contributed by atoms with Gasteiger partial charge in [-0.05, 0) is 42.1 Å². The molecule has 1 aliphatic heterocycles. The molecule has 0 N–H and O–H groups in total. The van der Waals surface area contributed by atoms with E-state index in [9.17, 15) is 4.39 Å². The van der Waals surface area contributed by atoms with Gasteiger partial charge in [0.2, 0.25) is 0 Å². The van der Waals surface area contributed by atoms with E-state index in [1.807, 2.05) is 0 Å². The molecule has 1 aliphatic rings. The van der Waals surface area contributed by atoms with E-state index >= 15 is 0 Å². The zero-order valence-corrected chi connectivity index (χ0v) is 9.97. The van der Waals surface area contributed by atoms with Crippen molar-refractivity contribution in [1.82, 2.24) is 4.98 Å². The van der Waals surface area contributed by atoms with Crippen LogP contribution in [0.5, 0.6) is 0 Å². The minimum atomic E-state index is -0.405. The Balaban J connectivity index is 2.28. The topological polar surface area (TPSA) is 25.4 Å². The zero-order chi connectivity index (χ0) is 12.1. The number of hydrogen-bond acceptors (Lipinski definition) is 3. The van der Waals surface area contributed by atoms with Gasteiger partial charge >= 0.3 is 0 Å². The molecule has 0 aliphatic carbocycles. The minimum Gasteiger partial charge on any atom is -0.272 e. The number of hydrogen-bond donors (Lipinski definition) is 0. The molecule has 0 bridgehead atoms. The van der Waals surface area contributed by atoms with Gasteiger partial charge in [-0.15, -0.1) is 0 Å². The van der Waals surface area contributed by atoms with E-state index in [1.54, 1.807) is 0 Å². The third-order valence-electron chi connectivity index (χ3n) is 2.30. The summed E-state index contributed by atoms with van der Waals surface area (Å²) in [5.74, 6) is 2.52. The highest BCUT2D eigenvalue weighted by Gasteiger charge is 2.17. The van der Waals surface area contributed by atoms with Gasteiger partial charge < -0.3 is 0 Å². The Kier molecular flexibility index (Phi) is 3.94. The number of nitrogens with zero attached hydrogens (tertiary/aromatic N) is 2. The standard InChI is InChI=1S/C12H11FN2OS/c1-17-9-6-10-4-5-11(13)12(14-10)15-7-2-3-8-16-15/h1,4-5H,2-3,7-8H2. The normalized spacial score (nSPS) is 14.9. The van der Waals surface area contributed by atoms with Crippen LogP contribution in [0, 0.1) is 22.7 Å². The first-order valence-corrected chi connectivity index (χ1v) is 6.13. The molecule has 1 aromatic heterocycles. The van der Waals surface area contributed by atoms with Crippen LogP contribution in [0.25, 0.3) is 0 Å². The van der Waals surface area contributed by atoms with Crippen molar-refractivity contribution >= 4 is 17.0 Å². The molecule has 0 atom stereocenters. The van der Waals surface area contributed by atoms with Crippen molar-refractivity contribution in [3.8, 4) is 16.9 Å². The number of anilines is 1. The highest BCUT2D eigenvalue weighted by molar-refractivity contribution is 7.93. The summed E-state index contributed by atoms with van der Waals surface area (Å²) in [5.41, 5.74) is 5.67. The third-order valence-corrected chi connectivity index (χ3v) is 2.52. The van der Waals surface area contributed by atoms with Crippen molar-refractivity contribution in [3.05, 3.63) is 23.6 Å². The Morgan fingerprint density at radius 1 is 1.47 bits per heavy atom. The fourth-order valence-corrected chi connectivity index (χ4v) is 1.68. The number of rotatable bonds is 1. The highest BCUT2D eigenvalue weighted by Crippen LogP contribution is 2.20. The number of halogens is 1. The van der Waals surface area contributed by atoms with E-state index in [0.717, 1.165) is 24.0 Å². The molecule has 1 fully saturated rings. The van der Waals surface area contributed by atoms with Crippen LogP contribution >= 0.6 is 11.2 Å². The predicted molar refractivity (Wildman–Crippen MR) is 66.1 cm³/mol. The molecule has 2 rings (SSSR count). The maximum atomic E-state index is 13.6. The molecule has 0 radical (unpaired) electrons. The van der Waals surface area contributed by atoms with E-state index in [-0.39, 0.29) is 5.82 Å². The molecule has 0 unspecified atom stereocenters. The second-order valence-corrected chi connectivity index (χ2v) is 3.93. The molecule has 1 aromatic rings. The van der Waals surface area contributed by atoms with E-state index < -0.39 is 5.82 Å². The quantitative estimate of drug-likeness (QED) is 0.716. The molecule has 17 heavy (non-hydrogen) atoms. The van der Waals surface area contributed by atoms with Gasteiger partial charge in [-0.2, -0.15) is 0 Å². The smallest absolute Gasteiger partial charge is 0.190 e. The SMILES string of the molecule is C#SC#Cc1ccc(F)c(N2CCCCO2)n1. The lowest BCUT2D eigenvalue weighted by molar-refractivity contribution is 0.0745. The number of hydroxylamine groups is 1. The van der Waals surface area contributed by atoms with Crippen LogP contribution in [0.1, 0.15) is 18.5 Å². The molecule has 0 saturated carbocycles. The van der Waals surface area contributed by atoms with Crippen molar-refractivity contribution in [1.29, 1.82) is 0 Å². The van der Waals surface area contributed by atoms with Gasteiger partial charge in [-0.1, -0.05) is 5.69 Å². The van der Waals surface area contributed by atoms with Gasteiger partial charge in [-0.25, -0.2) is 14.4 Å². The monoisotopic (exact) mass is 250 g/mol. The summed E-state index contributed by atoms with van der Waals surface area (Å²) in [6.45, 7) is 1.24. The van der Waals surface area contributed by atoms with E-state index in [4.69, 9.17) is 10.5 Å². The Hall–Kier alpha value is -1.60. The maximum absolute atomic E-state index is 13.6. The predicted octanol–water partition coefficient (Wildman–Crippen LogP) is 2.38. The van der Waals surface area contributed by atoms with Gasteiger partial charge in [0.05, 0.1) is 6.61 Å². The third kappa shape index (κ3) is 2.95. The van der Waals surface area contributed by atoms with Crippen LogP contribution in [0.15, 0.2) is 12.1 Å². The summed E-state index contributed by atoms with van der Waals surface area (Å²) >= 11 is 0.902. The summed E-state index contributed by atoms with van der Waals surface area (Å²) < 4.78 is 13.6. The highest BCUT2D eigenvalue weighted by atomic mass is 32.1. The molecule has 5 heteroatoms. The van der Waals surface area contributed by atoms with Crippen LogP contribution in [-0.4, -0.2) is 18.1 Å². The maximum Gasteiger partial charge on any atom is 0.190 e. The van der Waals surface area contributed by atoms with Crippen molar-refractivity contribution in [2.75, 3.05) is 18.2 Å². The number of pyridine rings is 1.